The fraction of sp³-hybridized carbons (Fsp3) is 0.714. The predicted octanol–water partition coefficient (Wildman–Crippen LogP) is 3.60. The quantitative estimate of drug-likeness (QED) is 0.684. The maximum Gasteiger partial charge on any atom is 0.0514 e. The lowest BCUT2D eigenvalue weighted by atomic mass is 9.98. The van der Waals surface area contributed by atoms with Gasteiger partial charge in [-0.05, 0) is 38.1 Å². The second-order valence-electron chi connectivity index (χ2n) is 5.24. The fourth-order valence-corrected chi connectivity index (χ4v) is 2.38. The van der Waals surface area contributed by atoms with Gasteiger partial charge in [-0.25, -0.2) is 0 Å². The van der Waals surface area contributed by atoms with Crippen molar-refractivity contribution >= 4 is 11.3 Å². The summed E-state index contributed by atoms with van der Waals surface area (Å²) in [5.41, 5.74) is 5.91. The van der Waals surface area contributed by atoms with E-state index in [0.717, 1.165) is 32.5 Å². The smallest absolute Gasteiger partial charge is 0.0514 e. The van der Waals surface area contributed by atoms with Crippen LogP contribution in [0.3, 0.4) is 0 Å². The zero-order chi connectivity index (χ0) is 12.6. The first-order valence-corrected chi connectivity index (χ1v) is 7.35. The predicted molar refractivity (Wildman–Crippen MR) is 75.6 cm³/mol. The van der Waals surface area contributed by atoms with Crippen molar-refractivity contribution in [2.75, 3.05) is 13.2 Å². The van der Waals surface area contributed by atoms with Gasteiger partial charge in [0.25, 0.3) is 0 Å². The van der Waals surface area contributed by atoms with Gasteiger partial charge in [0.2, 0.25) is 0 Å². The van der Waals surface area contributed by atoms with Gasteiger partial charge >= 0.3 is 0 Å². The Balaban J connectivity index is 1.85. The van der Waals surface area contributed by atoms with Crippen molar-refractivity contribution in [2.45, 2.75) is 51.5 Å². The van der Waals surface area contributed by atoms with Crippen LogP contribution in [0.15, 0.2) is 17.5 Å². The standard InChI is InChI=1S/C14H25NOS/c1-14(2,15)9-4-3-5-10-16-11-8-13-7-6-12-17-13/h6-7,12H,3-5,8-11,15H2,1-2H3. The van der Waals surface area contributed by atoms with Crippen LogP contribution in [0.25, 0.3) is 0 Å². The van der Waals surface area contributed by atoms with Crippen LogP contribution in [0.4, 0.5) is 0 Å². The average Bonchev–Trinajstić information content (AvgIpc) is 2.73. The summed E-state index contributed by atoms with van der Waals surface area (Å²) in [6.45, 7) is 5.91. The highest BCUT2D eigenvalue weighted by Gasteiger charge is 2.08. The third kappa shape index (κ3) is 8.36. The summed E-state index contributed by atoms with van der Waals surface area (Å²) >= 11 is 1.80. The molecule has 98 valence electrons. The molecule has 3 heteroatoms. The van der Waals surface area contributed by atoms with Crippen LogP contribution >= 0.6 is 11.3 Å². The van der Waals surface area contributed by atoms with Crippen LogP contribution in [-0.4, -0.2) is 18.8 Å². The molecule has 0 atom stereocenters. The highest BCUT2D eigenvalue weighted by molar-refractivity contribution is 7.09. The molecule has 0 saturated carbocycles. The molecule has 0 amide bonds. The van der Waals surface area contributed by atoms with Gasteiger partial charge in [-0.2, -0.15) is 0 Å². The fourth-order valence-electron chi connectivity index (χ4n) is 1.69. The first-order valence-electron chi connectivity index (χ1n) is 6.47. The Kier molecular flexibility index (Phi) is 6.78. The zero-order valence-corrected chi connectivity index (χ0v) is 11.9. The van der Waals surface area contributed by atoms with Crippen LogP contribution in [0.5, 0.6) is 0 Å². The summed E-state index contributed by atoms with van der Waals surface area (Å²) in [7, 11) is 0. The highest BCUT2D eigenvalue weighted by atomic mass is 32.1. The van der Waals surface area contributed by atoms with E-state index in [4.69, 9.17) is 10.5 Å². The second-order valence-corrected chi connectivity index (χ2v) is 6.27. The van der Waals surface area contributed by atoms with Crippen molar-refractivity contribution in [3.05, 3.63) is 22.4 Å². The minimum atomic E-state index is -0.0139. The first kappa shape index (κ1) is 14.7. The van der Waals surface area contributed by atoms with Gasteiger partial charge in [-0.1, -0.05) is 18.9 Å². The molecule has 0 aliphatic carbocycles. The molecule has 2 N–H and O–H groups in total. The van der Waals surface area contributed by atoms with Gasteiger partial charge in [-0.15, -0.1) is 11.3 Å². The number of hydrogen-bond acceptors (Lipinski definition) is 3. The number of hydrogen-bond donors (Lipinski definition) is 1. The van der Waals surface area contributed by atoms with Crippen molar-refractivity contribution in [3.63, 3.8) is 0 Å². The lowest BCUT2D eigenvalue weighted by Gasteiger charge is -2.17. The monoisotopic (exact) mass is 255 g/mol. The van der Waals surface area contributed by atoms with Gasteiger partial charge in [0.1, 0.15) is 0 Å². The van der Waals surface area contributed by atoms with Crippen LogP contribution in [0.1, 0.15) is 44.4 Å². The maximum absolute atomic E-state index is 5.92. The molecule has 0 aliphatic heterocycles. The van der Waals surface area contributed by atoms with E-state index in [0.29, 0.717) is 0 Å². The van der Waals surface area contributed by atoms with E-state index in [1.165, 1.54) is 17.7 Å². The number of rotatable bonds is 9. The first-order chi connectivity index (χ1) is 8.08. The Labute approximate surface area is 109 Å². The molecule has 0 saturated heterocycles. The molecular weight excluding hydrogens is 230 g/mol. The Morgan fingerprint density at radius 1 is 1.24 bits per heavy atom. The van der Waals surface area contributed by atoms with E-state index in [1.807, 2.05) is 0 Å². The molecule has 0 bridgehead atoms. The molecule has 0 aliphatic rings. The summed E-state index contributed by atoms with van der Waals surface area (Å²) in [4.78, 5) is 1.41. The number of thiophene rings is 1. The average molecular weight is 255 g/mol. The number of unbranched alkanes of at least 4 members (excludes halogenated alkanes) is 2. The summed E-state index contributed by atoms with van der Waals surface area (Å²) in [5, 5.41) is 2.11. The van der Waals surface area contributed by atoms with E-state index in [2.05, 4.69) is 31.4 Å². The van der Waals surface area contributed by atoms with E-state index < -0.39 is 0 Å². The normalized spacial score (nSPS) is 11.9. The number of nitrogens with two attached hydrogens (primary N) is 1. The van der Waals surface area contributed by atoms with Crippen molar-refractivity contribution in [1.82, 2.24) is 0 Å². The Morgan fingerprint density at radius 3 is 2.71 bits per heavy atom. The molecule has 0 radical (unpaired) electrons. The van der Waals surface area contributed by atoms with Gasteiger partial charge in [0.15, 0.2) is 0 Å². The van der Waals surface area contributed by atoms with Crippen LogP contribution in [0.2, 0.25) is 0 Å². The van der Waals surface area contributed by atoms with E-state index >= 15 is 0 Å². The molecule has 0 unspecified atom stereocenters. The van der Waals surface area contributed by atoms with Crippen molar-refractivity contribution in [3.8, 4) is 0 Å². The summed E-state index contributed by atoms with van der Waals surface area (Å²) in [6.07, 6.45) is 5.73. The molecule has 1 aromatic heterocycles. The molecule has 0 spiro atoms. The zero-order valence-electron chi connectivity index (χ0n) is 11.1. The second kappa shape index (κ2) is 7.85. The van der Waals surface area contributed by atoms with E-state index in [-0.39, 0.29) is 5.54 Å². The van der Waals surface area contributed by atoms with Crippen molar-refractivity contribution in [1.29, 1.82) is 0 Å². The Hall–Kier alpha value is -0.380. The van der Waals surface area contributed by atoms with Crippen LogP contribution < -0.4 is 5.73 Å². The van der Waals surface area contributed by atoms with E-state index in [1.54, 1.807) is 11.3 Å². The van der Waals surface area contributed by atoms with E-state index in [9.17, 15) is 0 Å². The molecule has 1 heterocycles. The molecule has 2 nitrogen and oxygen atoms in total. The third-order valence-corrected chi connectivity index (χ3v) is 3.62. The lowest BCUT2D eigenvalue weighted by molar-refractivity contribution is 0.133. The van der Waals surface area contributed by atoms with Gasteiger partial charge in [0, 0.05) is 23.4 Å². The minimum Gasteiger partial charge on any atom is -0.381 e. The third-order valence-electron chi connectivity index (χ3n) is 2.68. The molecule has 0 aromatic carbocycles. The van der Waals surface area contributed by atoms with Crippen LogP contribution in [-0.2, 0) is 11.2 Å². The Bertz CT molecular complexity index is 277. The SMILES string of the molecule is CC(C)(N)CCCCCOCCc1cccs1. The molecule has 1 aromatic rings. The van der Waals surface area contributed by atoms with Crippen molar-refractivity contribution in [2.24, 2.45) is 5.73 Å². The minimum absolute atomic E-state index is 0.0139. The van der Waals surface area contributed by atoms with Gasteiger partial charge in [0.05, 0.1) is 6.61 Å². The van der Waals surface area contributed by atoms with Crippen LogP contribution in [0, 0.1) is 0 Å². The van der Waals surface area contributed by atoms with Crippen molar-refractivity contribution < 1.29 is 4.74 Å². The lowest BCUT2D eigenvalue weighted by Crippen LogP contribution is -2.31. The molecule has 1 rings (SSSR count). The Morgan fingerprint density at radius 2 is 2.06 bits per heavy atom. The highest BCUT2D eigenvalue weighted by Crippen LogP contribution is 2.11. The topological polar surface area (TPSA) is 35.2 Å². The molecule has 0 fully saturated rings. The summed E-state index contributed by atoms with van der Waals surface area (Å²) in [6, 6.07) is 4.26. The number of ether oxygens (including phenoxy) is 1. The largest absolute Gasteiger partial charge is 0.381 e. The summed E-state index contributed by atoms with van der Waals surface area (Å²) in [5.74, 6) is 0. The van der Waals surface area contributed by atoms with Gasteiger partial charge < -0.3 is 10.5 Å². The molecule has 17 heavy (non-hydrogen) atoms. The van der Waals surface area contributed by atoms with Gasteiger partial charge in [-0.3, -0.25) is 0 Å². The molecular formula is C14H25NOS. The maximum atomic E-state index is 5.92. The summed E-state index contributed by atoms with van der Waals surface area (Å²) < 4.78 is 5.61.